The first kappa shape index (κ1) is 26.6. The molecule has 0 bridgehead atoms. The van der Waals surface area contributed by atoms with Gasteiger partial charge >= 0.3 is 0 Å². The van der Waals surface area contributed by atoms with Gasteiger partial charge in [0.1, 0.15) is 23.7 Å². The quantitative estimate of drug-likeness (QED) is 0.205. The molecule has 0 spiro atoms. The van der Waals surface area contributed by atoms with Crippen molar-refractivity contribution < 1.29 is 9.84 Å². The van der Waals surface area contributed by atoms with Gasteiger partial charge in [-0.05, 0) is 38.0 Å². The van der Waals surface area contributed by atoms with Gasteiger partial charge in [-0.15, -0.1) is 34.2 Å². The molecule has 1 aromatic carbocycles. The maximum Gasteiger partial charge on any atom is 0.191 e. The van der Waals surface area contributed by atoms with Crippen LogP contribution in [0, 0.1) is 6.92 Å². The monoisotopic (exact) mass is 568 g/mol. The fraction of sp³-hybridized carbons (Fsp3) is 0.455. The first-order valence-electron chi connectivity index (χ1n) is 10.5. The second kappa shape index (κ2) is 12.0. The number of benzene rings is 1. The van der Waals surface area contributed by atoms with Gasteiger partial charge in [0.2, 0.25) is 0 Å². The Balaban J connectivity index is 0.00000385. The molecule has 11 heteroatoms. The first-order valence-corrected chi connectivity index (χ1v) is 10.5. The summed E-state index contributed by atoms with van der Waals surface area (Å²) in [5, 5.41) is 29.9. The summed E-state index contributed by atoms with van der Waals surface area (Å²) in [4.78, 5) is 4.65. The molecule has 10 nitrogen and oxygen atoms in total. The average molecular weight is 568 g/mol. The molecule has 0 aliphatic heterocycles. The summed E-state index contributed by atoms with van der Waals surface area (Å²) in [7, 11) is 5.39. The standard InChI is InChI=1S/C22H32N8O2.HI/c1-16-27-28-20(30(16)4)13-24-21(23-11-10-17-6-8-19(32-5)9-7-17)25-15-22(2,31)18-12-26-29(3)14-18;/h6-9,12,14,31H,10-11,13,15H2,1-5H3,(H2,23,24,25);1H. The van der Waals surface area contributed by atoms with E-state index in [0.717, 1.165) is 29.4 Å². The van der Waals surface area contributed by atoms with Crippen molar-refractivity contribution in [1.29, 1.82) is 0 Å². The van der Waals surface area contributed by atoms with Gasteiger partial charge in [-0.25, -0.2) is 4.99 Å². The van der Waals surface area contributed by atoms with Crippen molar-refractivity contribution in [3.8, 4) is 5.75 Å². The van der Waals surface area contributed by atoms with Crippen molar-refractivity contribution in [3.05, 3.63) is 59.4 Å². The maximum absolute atomic E-state index is 10.9. The van der Waals surface area contributed by atoms with Crippen molar-refractivity contribution in [1.82, 2.24) is 35.2 Å². The van der Waals surface area contributed by atoms with Gasteiger partial charge in [-0.1, -0.05) is 12.1 Å². The van der Waals surface area contributed by atoms with E-state index in [-0.39, 0.29) is 30.5 Å². The molecular weight excluding hydrogens is 535 g/mol. The number of aromatic nitrogens is 5. The normalized spacial score (nSPS) is 13.2. The molecule has 180 valence electrons. The number of hydrogen-bond donors (Lipinski definition) is 3. The lowest BCUT2D eigenvalue weighted by molar-refractivity contribution is 0.0616. The third-order valence-corrected chi connectivity index (χ3v) is 5.35. The largest absolute Gasteiger partial charge is 0.497 e. The van der Waals surface area contributed by atoms with Gasteiger partial charge in [0.05, 0.1) is 19.9 Å². The minimum Gasteiger partial charge on any atom is -0.497 e. The summed E-state index contributed by atoms with van der Waals surface area (Å²) >= 11 is 0. The maximum atomic E-state index is 10.9. The molecule has 2 aromatic heterocycles. The van der Waals surface area contributed by atoms with Crippen molar-refractivity contribution in [3.63, 3.8) is 0 Å². The Kier molecular flexibility index (Phi) is 9.65. The summed E-state index contributed by atoms with van der Waals surface area (Å²) in [5.74, 6) is 3.01. The molecular formula is C22H33IN8O2. The van der Waals surface area contributed by atoms with E-state index in [1.807, 2.05) is 49.9 Å². The van der Waals surface area contributed by atoms with Crippen LogP contribution in [0.15, 0.2) is 41.7 Å². The number of hydrogen-bond acceptors (Lipinski definition) is 6. The third kappa shape index (κ3) is 7.42. The van der Waals surface area contributed by atoms with E-state index in [0.29, 0.717) is 19.0 Å². The van der Waals surface area contributed by atoms with Crippen LogP contribution in [-0.2, 0) is 32.7 Å². The van der Waals surface area contributed by atoms with Gasteiger partial charge in [-0.2, -0.15) is 5.10 Å². The second-order valence-corrected chi connectivity index (χ2v) is 7.94. The summed E-state index contributed by atoms with van der Waals surface area (Å²) in [6.45, 7) is 4.95. The molecule has 0 amide bonds. The van der Waals surface area contributed by atoms with Crippen LogP contribution in [0.3, 0.4) is 0 Å². The van der Waals surface area contributed by atoms with Crippen LogP contribution in [0.4, 0.5) is 0 Å². The molecule has 0 radical (unpaired) electrons. The minimum absolute atomic E-state index is 0. The van der Waals surface area contributed by atoms with Crippen LogP contribution >= 0.6 is 24.0 Å². The van der Waals surface area contributed by atoms with Gasteiger partial charge in [-0.3, -0.25) is 4.68 Å². The van der Waals surface area contributed by atoms with Crippen molar-refractivity contribution in [2.45, 2.75) is 32.4 Å². The molecule has 3 rings (SSSR count). The molecule has 0 aliphatic rings. The van der Waals surface area contributed by atoms with Crippen LogP contribution < -0.4 is 15.4 Å². The molecule has 0 saturated heterocycles. The van der Waals surface area contributed by atoms with Crippen molar-refractivity contribution >= 4 is 29.9 Å². The molecule has 1 unspecified atom stereocenters. The highest BCUT2D eigenvalue weighted by atomic mass is 127. The number of aryl methyl sites for hydroxylation is 2. The van der Waals surface area contributed by atoms with Gasteiger partial charge in [0.25, 0.3) is 0 Å². The van der Waals surface area contributed by atoms with Crippen LogP contribution in [0.1, 0.15) is 29.7 Å². The van der Waals surface area contributed by atoms with Crippen LogP contribution in [-0.4, -0.2) is 55.8 Å². The van der Waals surface area contributed by atoms with E-state index in [9.17, 15) is 5.11 Å². The van der Waals surface area contributed by atoms with Crippen molar-refractivity contribution in [2.75, 3.05) is 20.2 Å². The highest BCUT2D eigenvalue weighted by Crippen LogP contribution is 2.18. The number of aliphatic imine (C=N–C) groups is 1. The average Bonchev–Trinajstić information content (AvgIpc) is 3.36. The zero-order valence-electron chi connectivity index (χ0n) is 19.7. The summed E-state index contributed by atoms with van der Waals surface area (Å²) in [6.07, 6.45) is 4.28. The lowest BCUT2D eigenvalue weighted by Crippen LogP contribution is -2.45. The van der Waals surface area contributed by atoms with E-state index >= 15 is 0 Å². The Morgan fingerprint density at radius 1 is 1.18 bits per heavy atom. The van der Waals surface area contributed by atoms with Crippen LogP contribution in [0.5, 0.6) is 5.75 Å². The van der Waals surface area contributed by atoms with E-state index in [4.69, 9.17) is 4.74 Å². The molecule has 2 heterocycles. The number of methoxy groups -OCH3 is 1. The van der Waals surface area contributed by atoms with Gasteiger partial charge in [0, 0.05) is 32.4 Å². The summed E-state index contributed by atoms with van der Waals surface area (Å²) in [6, 6.07) is 7.98. The molecule has 0 fully saturated rings. The van der Waals surface area contributed by atoms with Crippen LogP contribution in [0.25, 0.3) is 0 Å². The highest BCUT2D eigenvalue weighted by Gasteiger charge is 2.25. The lowest BCUT2D eigenvalue weighted by atomic mass is 10.00. The van der Waals surface area contributed by atoms with Crippen molar-refractivity contribution in [2.24, 2.45) is 19.1 Å². The molecule has 0 aliphatic carbocycles. The first-order chi connectivity index (χ1) is 15.3. The van der Waals surface area contributed by atoms with Crippen LogP contribution in [0.2, 0.25) is 0 Å². The van der Waals surface area contributed by atoms with E-state index in [2.05, 4.69) is 30.9 Å². The third-order valence-electron chi connectivity index (χ3n) is 5.35. The Hall–Kier alpha value is -2.67. The topological polar surface area (TPSA) is 114 Å². The minimum atomic E-state index is -1.10. The fourth-order valence-corrected chi connectivity index (χ4v) is 3.09. The SMILES string of the molecule is COc1ccc(CCNC(=NCc2nnc(C)n2C)NCC(C)(O)c2cnn(C)c2)cc1.I. The number of guanidine groups is 1. The number of halogens is 1. The Bertz CT molecular complexity index is 1040. The summed E-state index contributed by atoms with van der Waals surface area (Å²) < 4.78 is 8.79. The molecule has 3 aromatic rings. The molecule has 33 heavy (non-hydrogen) atoms. The number of nitrogens with one attached hydrogen (secondary N) is 2. The predicted octanol–water partition coefficient (Wildman–Crippen LogP) is 1.67. The molecule has 3 N–H and O–H groups in total. The highest BCUT2D eigenvalue weighted by molar-refractivity contribution is 14.0. The predicted molar refractivity (Wildman–Crippen MR) is 138 cm³/mol. The fourth-order valence-electron chi connectivity index (χ4n) is 3.09. The lowest BCUT2D eigenvalue weighted by Gasteiger charge is -2.24. The second-order valence-electron chi connectivity index (χ2n) is 7.94. The van der Waals surface area contributed by atoms with E-state index in [1.165, 1.54) is 5.56 Å². The van der Waals surface area contributed by atoms with Gasteiger partial charge in [0.15, 0.2) is 11.8 Å². The molecule has 0 saturated carbocycles. The smallest absolute Gasteiger partial charge is 0.191 e. The summed E-state index contributed by atoms with van der Waals surface area (Å²) in [5.41, 5.74) is 0.812. The number of rotatable bonds is 9. The van der Waals surface area contributed by atoms with E-state index in [1.54, 1.807) is 31.1 Å². The zero-order chi connectivity index (χ0) is 23.1. The van der Waals surface area contributed by atoms with Gasteiger partial charge < -0.3 is 25.0 Å². The number of ether oxygens (including phenoxy) is 1. The molecule has 1 atom stereocenters. The van der Waals surface area contributed by atoms with E-state index < -0.39 is 5.60 Å². The Morgan fingerprint density at radius 3 is 2.48 bits per heavy atom. The number of aliphatic hydroxyl groups is 1. The number of nitrogens with zero attached hydrogens (tertiary/aromatic N) is 6. The zero-order valence-corrected chi connectivity index (χ0v) is 22.1. The Morgan fingerprint density at radius 2 is 1.91 bits per heavy atom. The Labute approximate surface area is 211 Å².